The number of nitrogens with zero attached hydrogens (tertiary/aromatic N) is 4. The van der Waals surface area contributed by atoms with Crippen LogP contribution in [0.15, 0.2) is 24.5 Å². The summed E-state index contributed by atoms with van der Waals surface area (Å²) in [4.78, 5) is 25.1. The van der Waals surface area contributed by atoms with E-state index in [2.05, 4.69) is 15.5 Å². The van der Waals surface area contributed by atoms with E-state index in [-0.39, 0.29) is 41.5 Å². The number of pyridine rings is 1. The molecule has 3 aromatic heterocycles. The Hall–Kier alpha value is -3.64. The van der Waals surface area contributed by atoms with Gasteiger partial charge in [-0.3, -0.25) is 14.3 Å². The van der Waals surface area contributed by atoms with Crippen LogP contribution in [0.1, 0.15) is 84.7 Å². The molecule has 3 heterocycles. The first-order valence-corrected chi connectivity index (χ1v) is 14.2. The highest BCUT2D eigenvalue weighted by Crippen LogP contribution is 2.57. The molecule has 220 valence electrons. The topological polar surface area (TPSA) is 155 Å². The summed E-state index contributed by atoms with van der Waals surface area (Å²) in [6.07, 6.45) is 8.73. The number of carbonyl (C=O) groups excluding carboxylic acids is 2. The molecule has 2 amide bonds. The van der Waals surface area contributed by atoms with E-state index in [9.17, 15) is 14.7 Å². The Labute approximate surface area is 238 Å². The normalized spacial score (nSPS) is 23.7. The molecule has 0 aromatic carbocycles. The average Bonchev–Trinajstić information content (AvgIpc) is 3.48. The van der Waals surface area contributed by atoms with Crippen LogP contribution in [0.3, 0.4) is 0 Å². The Morgan fingerprint density at radius 2 is 1.95 bits per heavy atom. The van der Waals surface area contributed by atoms with Crippen LogP contribution >= 0.6 is 0 Å². The number of carbonyl (C=O) groups is 2. The maximum absolute atomic E-state index is 13.2. The van der Waals surface area contributed by atoms with Crippen LogP contribution in [0.5, 0.6) is 11.6 Å². The number of aromatic nitrogens is 4. The van der Waals surface area contributed by atoms with Crippen LogP contribution in [0.4, 0.5) is 0 Å². The highest BCUT2D eigenvalue weighted by Gasteiger charge is 2.54. The fraction of sp³-hybridized carbons (Fsp3) is 0.586. The summed E-state index contributed by atoms with van der Waals surface area (Å²) in [7, 11) is 1.60. The number of amides is 2. The van der Waals surface area contributed by atoms with E-state index in [1.165, 1.54) is 0 Å². The van der Waals surface area contributed by atoms with Gasteiger partial charge in [0.2, 0.25) is 5.88 Å². The zero-order valence-corrected chi connectivity index (χ0v) is 23.8. The minimum atomic E-state index is -0.947. The Balaban J connectivity index is 1.05. The van der Waals surface area contributed by atoms with Crippen molar-refractivity contribution in [1.82, 2.24) is 24.7 Å². The smallest absolute Gasteiger partial charge is 0.255 e. The SMILES string of the molecule is COCCn1cc(C(N)=O)c(O[C@H]2CC3(C[C@H](NC(=O)c4cnn5c(C6CC6)c(OCC(C)(C)O)ccc45)C3)C2)n1. The lowest BCUT2D eigenvalue weighted by Gasteiger charge is -2.57. The second kappa shape index (κ2) is 10.3. The van der Waals surface area contributed by atoms with Gasteiger partial charge in [-0.25, -0.2) is 4.52 Å². The van der Waals surface area contributed by atoms with E-state index in [0.29, 0.717) is 30.4 Å². The lowest BCUT2D eigenvalue weighted by molar-refractivity contribution is -0.0849. The van der Waals surface area contributed by atoms with Gasteiger partial charge < -0.3 is 30.4 Å². The minimum absolute atomic E-state index is 0.0381. The van der Waals surface area contributed by atoms with Crippen molar-refractivity contribution in [3.63, 3.8) is 0 Å². The quantitative estimate of drug-likeness (QED) is 0.302. The number of primary amides is 1. The van der Waals surface area contributed by atoms with Gasteiger partial charge in [-0.15, -0.1) is 5.10 Å². The molecule has 3 fully saturated rings. The van der Waals surface area contributed by atoms with Crippen molar-refractivity contribution in [2.24, 2.45) is 11.1 Å². The average molecular weight is 567 g/mol. The largest absolute Gasteiger partial charge is 0.489 e. The van der Waals surface area contributed by atoms with Gasteiger partial charge >= 0.3 is 0 Å². The number of aliphatic hydroxyl groups is 1. The number of hydrogen-bond acceptors (Lipinski definition) is 8. The molecule has 1 spiro atoms. The first-order chi connectivity index (χ1) is 19.5. The molecule has 3 aliphatic carbocycles. The van der Waals surface area contributed by atoms with E-state index in [1.807, 2.05) is 16.6 Å². The summed E-state index contributed by atoms with van der Waals surface area (Å²) in [5.41, 5.74) is 7.23. The molecule has 3 aromatic rings. The first kappa shape index (κ1) is 27.5. The number of nitrogens with two attached hydrogens (primary N) is 1. The van der Waals surface area contributed by atoms with Crippen molar-refractivity contribution in [1.29, 1.82) is 0 Å². The highest BCUT2D eigenvalue weighted by molar-refractivity contribution is 6.01. The molecule has 0 saturated heterocycles. The van der Waals surface area contributed by atoms with Gasteiger partial charge in [-0.1, -0.05) is 0 Å². The standard InChI is InChI=1S/C29H38N6O6/c1-28(2,38)16-40-23-7-6-22-20(14-31-35(22)24(23)17-4-5-17)26(37)32-18-10-29(11-18)12-19(13-29)41-27-21(25(30)36)15-34(33-27)8-9-39-3/h6-7,14-15,17-19,38H,4-5,8-13,16H2,1-3H3,(H2,30,36)(H,32,37)/t18-,19-,29?. The van der Waals surface area contributed by atoms with E-state index in [4.69, 9.17) is 19.9 Å². The van der Waals surface area contributed by atoms with Crippen molar-refractivity contribution in [2.75, 3.05) is 20.3 Å². The minimum Gasteiger partial charge on any atom is -0.489 e. The van der Waals surface area contributed by atoms with Crippen LogP contribution < -0.4 is 20.5 Å². The fourth-order valence-electron chi connectivity index (χ4n) is 6.13. The molecule has 0 aliphatic heterocycles. The van der Waals surface area contributed by atoms with Crippen LogP contribution in [-0.4, -0.2) is 74.4 Å². The third-order valence-electron chi connectivity index (χ3n) is 8.28. The molecule has 0 unspecified atom stereocenters. The maximum atomic E-state index is 13.2. The van der Waals surface area contributed by atoms with Gasteiger partial charge in [-0.2, -0.15) is 5.10 Å². The summed E-state index contributed by atoms with van der Waals surface area (Å²) >= 11 is 0. The van der Waals surface area contributed by atoms with Gasteiger partial charge in [0.1, 0.15) is 24.0 Å². The lowest BCUT2D eigenvalue weighted by Crippen LogP contribution is -2.58. The number of ether oxygens (including phenoxy) is 3. The van der Waals surface area contributed by atoms with Crippen molar-refractivity contribution in [3.05, 3.63) is 41.3 Å². The molecular weight excluding hydrogens is 528 g/mol. The molecule has 6 rings (SSSR count). The van der Waals surface area contributed by atoms with Crippen LogP contribution in [0.25, 0.3) is 5.52 Å². The lowest BCUT2D eigenvalue weighted by atomic mass is 9.53. The zero-order chi connectivity index (χ0) is 28.9. The second-order valence-electron chi connectivity index (χ2n) is 12.5. The summed E-state index contributed by atoms with van der Waals surface area (Å²) in [5, 5.41) is 22.2. The van der Waals surface area contributed by atoms with E-state index in [1.54, 1.807) is 38.0 Å². The number of methoxy groups -OCH3 is 1. The van der Waals surface area contributed by atoms with Gasteiger partial charge in [0.25, 0.3) is 11.8 Å². The number of rotatable bonds is 12. The number of hydrogen-bond donors (Lipinski definition) is 3. The Kier molecular flexibility index (Phi) is 6.93. The van der Waals surface area contributed by atoms with Crippen LogP contribution in [0, 0.1) is 5.41 Å². The van der Waals surface area contributed by atoms with E-state index >= 15 is 0 Å². The maximum Gasteiger partial charge on any atom is 0.255 e. The summed E-state index contributed by atoms with van der Waals surface area (Å²) in [6, 6.07) is 3.83. The predicted octanol–water partition coefficient (Wildman–Crippen LogP) is 2.42. The molecule has 41 heavy (non-hydrogen) atoms. The molecule has 3 aliphatic rings. The van der Waals surface area contributed by atoms with Gasteiger partial charge in [0.05, 0.1) is 41.7 Å². The van der Waals surface area contributed by atoms with Gasteiger partial charge in [0.15, 0.2) is 0 Å². The monoisotopic (exact) mass is 566 g/mol. The third-order valence-corrected chi connectivity index (χ3v) is 8.28. The van der Waals surface area contributed by atoms with Gasteiger partial charge in [-0.05, 0) is 69.9 Å². The predicted molar refractivity (Wildman–Crippen MR) is 148 cm³/mol. The molecule has 3 saturated carbocycles. The van der Waals surface area contributed by atoms with Gasteiger partial charge in [0, 0.05) is 25.3 Å². The van der Waals surface area contributed by atoms with Crippen LogP contribution in [-0.2, 0) is 11.3 Å². The summed E-state index contributed by atoms with van der Waals surface area (Å²) in [6.45, 7) is 4.56. The first-order valence-electron chi connectivity index (χ1n) is 14.2. The Morgan fingerprint density at radius 3 is 2.61 bits per heavy atom. The summed E-state index contributed by atoms with van der Waals surface area (Å²) in [5.74, 6) is 0.602. The molecule has 0 radical (unpaired) electrons. The Bertz CT molecular complexity index is 1450. The number of nitrogens with one attached hydrogen (secondary N) is 1. The molecule has 0 bridgehead atoms. The fourth-order valence-corrected chi connectivity index (χ4v) is 6.13. The summed E-state index contributed by atoms with van der Waals surface area (Å²) < 4.78 is 20.5. The molecule has 4 N–H and O–H groups in total. The second-order valence-corrected chi connectivity index (χ2v) is 12.5. The molecule has 12 heteroatoms. The Morgan fingerprint density at radius 1 is 1.20 bits per heavy atom. The third kappa shape index (κ3) is 5.62. The van der Waals surface area contributed by atoms with Crippen molar-refractivity contribution in [2.45, 2.75) is 82.6 Å². The van der Waals surface area contributed by atoms with E-state index in [0.717, 1.165) is 49.7 Å². The van der Waals surface area contributed by atoms with Crippen LogP contribution in [0.2, 0.25) is 0 Å². The van der Waals surface area contributed by atoms with Crippen molar-refractivity contribution < 1.29 is 28.9 Å². The van der Waals surface area contributed by atoms with E-state index < -0.39 is 11.5 Å². The van der Waals surface area contributed by atoms with Crippen molar-refractivity contribution in [3.8, 4) is 11.6 Å². The molecular formula is C29H38N6O6. The number of fused-ring (bicyclic) bond motifs is 1. The zero-order valence-electron chi connectivity index (χ0n) is 23.8. The molecule has 12 nitrogen and oxygen atoms in total. The highest BCUT2D eigenvalue weighted by atomic mass is 16.5. The van der Waals surface area contributed by atoms with Crippen molar-refractivity contribution >= 4 is 17.3 Å². The molecule has 0 atom stereocenters.